The van der Waals surface area contributed by atoms with E-state index in [1.807, 2.05) is 13.1 Å². The molecule has 0 spiro atoms. The number of nitrogens with one attached hydrogen (secondary N) is 2. The summed E-state index contributed by atoms with van der Waals surface area (Å²) in [6.45, 7) is 2.69. The fraction of sp³-hybridized carbons (Fsp3) is 0.421. The average molecular weight is 502 g/mol. The van der Waals surface area contributed by atoms with E-state index in [1.54, 1.807) is 25.6 Å². The zero-order chi connectivity index (χ0) is 18.4. The molecule has 1 aliphatic rings. The van der Waals surface area contributed by atoms with Gasteiger partial charge in [-0.2, -0.15) is 0 Å². The predicted molar refractivity (Wildman–Crippen MR) is 123 cm³/mol. The van der Waals surface area contributed by atoms with Gasteiger partial charge in [0.1, 0.15) is 11.5 Å². The van der Waals surface area contributed by atoms with Crippen molar-refractivity contribution in [2.45, 2.75) is 19.0 Å². The van der Waals surface area contributed by atoms with Crippen LogP contribution in [0.4, 0.5) is 5.69 Å². The molecule has 1 aliphatic heterocycles. The molecule has 2 aromatic rings. The Kier molecular flexibility index (Phi) is 8.49. The Hall–Kier alpha value is -1.68. The van der Waals surface area contributed by atoms with Crippen molar-refractivity contribution >= 4 is 47.0 Å². The van der Waals surface area contributed by atoms with Gasteiger partial charge < -0.3 is 25.0 Å². The van der Waals surface area contributed by atoms with E-state index >= 15 is 0 Å². The van der Waals surface area contributed by atoms with Crippen LogP contribution in [0.2, 0.25) is 0 Å². The number of halogens is 1. The molecule has 6 nitrogen and oxygen atoms in total. The second kappa shape index (κ2) is 10.6. The smallest absolute Gasteiger partial charge is 0.191 e. The first-order valence-electron chi connectivity index (χ1n) is 8.69. The summed E-state index contributed by atoms with van der Waals surface area (Å²) in [5.41, 5.74) is 1.12. The highest BCUT2D eigenvalue weighted by Gasteiger charge is 2.24. The second-order valence-corrected chi connectivity index (χ2v) is 7.18. The Morgan fingerprint density at radius 2 is 2.00 bits per heavy atom. The molecule has 148 valence electrons. The average Bonchev–Trinajstić information content (AvgIpc) is 3.36. The molecule has 1 unspecified atom stereocenters. The Labute approximate surface area is 182 Å². The molecule has 0 amide bonds. The number of hydrogen-bond acceptors (Lipinski definition) is 5. The van der Waals surface area contributed by atoms with Gasteiger partial charge >= 0.3 is 0 Å². The fourth-order valence-electron chi connectivity index (χ4n) is 3.06. The summed E-state index contributed by atoms with van der Waals surface area (Å²) in [5.74, 6) is 2.46. The van der Waals surface area contributed by atoms with Crippen molar-refractivity contribution in [3.05, 3.63) is 40.6 Å². The number of anilines is 1. The quantitative estimate of drug-likeness (QED) is 0.361. The first-order chi connectivity index (χ1) is 12.7. The zero-order valence-corrected chi connectivity index (χ0v) is 19.0. The minimum Gasteiger partial charge on any atom is -0.497 e. The van der Waals surface area contributed by atoms with Gasteiger partial charge in [-0.25, -0.2) is 0 Å². The first kappa shape index (κ1) is 21.6. The molecule has 1 atom stereocenters. The third-order valence-electron chi connectivity index (χ3n) is 4.46. The maximum Gasteiger partial charge on any atom is 0.191 e. The molecule has 2 heterocycles. The third kappa shape index (κ3) is 5.90. The van der Waals surface area contributed by atoms with Gasteiger partial charge in [-0.15, -0.1) is 35.3 Å². The Balaban J connectivity index is 0.00000261. The van der Waals surface area contributed by atoms with Crippen LogP contribution in [-0.4, -0.2) is 46.4 Å². The maximum absolute atomic E-state index is 5.38. The van der Waals surface area contributed by atoms with Crippen molar-refractivity contribution in [3.8, 4) is 11.5 Å². The van der Waals surface area contributed by atoms with Crippen LogP contribution in [0, 0.1) is 0 Å². The van der Waals surface area contributed by atoms with Crippen LogP contribution >= 0.6 is 35.3 Å². The van der Waals surface area contributed by atoms with Crippen molar-refractivity contribution in [2.75, 3.05) is 39.3 Å². The second-order valence-electron chi connectivity index (χ2n) is 6.15. The minimum atomic E-state index is 0. The van der Waals surface area contributed by atoms with Gasteiger partial charge in [-0.05, 0) is 17.9 Å². The monoisotopic (exact) mass is 502 g/mol. The lowest BCUT2D eigenvalue weighted by molar-refractivity contribution is 0.394. The van der Waals surface area contributed by atoms with Crippen LogP contribution in [-0.2, 0) is 6.54 Å². The van der Waals surface area contributed by atoms with E-state index in [0.29, 0.717) is 6.04 Å². The van der Waals surface area contributed by atoms with Crippen molar-refractivity contribution in [1.82, 2.24) is 10.6 Å². The molecule has 0 bridgehead atoms. The lowest BCUT2D eigenvalue weighted by Crippen LogP contribution is -2.44. The van der Waals surface area contributed by atoms with Crippen LogP contribution in [0.15, 0.2) is 40.7 Å². The number of rotatable bonds is 6. The number of guanidine groups is 1. The molecule has 27 heavy (non-hydrogen) atoms. The van der Waals surface area contributed by atoms with Crippen LogP contribution < -0.4 is 25.0 Å². The molecule has 1 fully saturated rings. The largest absolute Gasteiger partial charge is 0.497 e. The van der Waals surface area contributed by atoms with Gasteiger partial charge in [-0.3, -0.25) is 4.99 Å². The van der Waals surface area contributed by atoms with E-state index < -0.39 is 0 Å². The molecule has 3 rings (SSSR count). The number of methoxy groups -OCH3 is 2. The number of ether oxygens (including phenoxy) is 2. The van der Waals surface area contributed by atoms with Gasteiger partial charge in [-0.1, -0.05) is 6.07 Å². The Morgan fingerprint density at radius 3 is 2.59 bits per heavy atom. The summed E-state index contributed by atoms with van der Waals surface area (Å²) in [6, 6.07) is 10.5. The Bertz CT molecular complexity index is 717. The fourth-order valence-corrected chi connectivity index (χ4v) is 3.70. The number of benzene rings is 1. The third-order valence-corrected chi connectivity index (χ3v) is 5.34. The highest BCUT2D eigenvalue weighted by molar-refractivity contribution is 14.0. The van der Waals surface area contributed by atoms with E-state index in [-0.39, 0.29) is 24.0 Å². The van der Waals surface area contributed by atoms with E-state index in [0.717, 1.165) is 49.2 Å². The normalized spacial score (nSPS) is 16.6. The van der Waals surface area contributed by atoms with E-state index in [1.165, 1.54) is 4.88 Å². The lowest BCUT2D eigenvalue weighted by Gasteiger charge is -2.21. The number of hydrogen-bond donors (Lipinski definition) is 2. The van der Waals surface area contributed by atoms with Crippen molar-refractivity contribution < 1.29 is 9.47 Å². The van der Waals surface area contributed by atoms with Crippen molar-refractivity contribution in [3.63, 3.8) is 0 Å². The highest BCUT2D eigenvalue weighted by Crippen LogP contribution is 2.30. The molecule has 1 saturated heterocycles. The lowest BCUT2D eigenvalue weighted by atomic mass is 10.2. The summed E-state index contributed by atoms with van der Waals surface area (Å²) < 4.78 is 10.8. The number of thiophene rings is 1. The standard InChI is InChI=1S/C19H26N4O2S.HI/c1-20-19(21-12-18-5-4-8-26-18)22-14-6-7-23(13-14)15-9-16(24-2)11-17(10-15)25-3;/h4-5,8-11,14H,6-7,12-13H2,1-3H3,(H2,20,21,22);1H. The topological polar surface area (TPSA) is 58.1 Å². The van der Waals surface area contributed by atoms with E-state index in [2.05, 4.69) is 50.2 Å². The van der Waals surface area contributed by atoms with Gasteiger partial charge in [0.2, 0.25) is 0 Å². The molecule has 8 heteroatoms. The minimum absolute atomic E-state index is 0. The van der Waals surface area contributed by atoms with Crippen molar-refractivity contribution in [1.29, 1.82) is 0 Å². The van der Waals surface area contributed by atoms with Crippen LogP contribution in [0.25, 0.3) is 0 Å². The Morgan fingerprint density at radius 1 is 1.26 bits per heavy atom. The molecule has 1 aromatic carbocycles. The van der Waals surface area contributed by atoms with Gasteiger partial charge in [0.25, 0.3) is 0 Å². The SMILES string of the molecule is CN=C(NCc1cccs1)NC1CCN(c2cc(OC)cc(OC)c2)C1.I. The van der Waals surface area contributed by atoms with Gasteiger partial charge in [0.15, 0.2) is 5.96 Å². The van der Waals surface area contributed by atoms with Crippen molar-refractivity contribution in [2.24, 2.45) is 4.99 Å². The van der Waals surface area contributed by atoms with Gasteiger partial charge in [0.05, 0.1) is 20.8 Å². The van der Waals surface area contributed by atoms with Crippen LogP contribution in [0.5, 0.6) is 11.5 Å². The van der Waals surface area contributed by atoms with E-state index in [9.17, 15) is 0 Å². The summed E-state index contributed by atoms with van der Waals surface area (Å²) >= 11 is 1.75. The maximum atomic E-state index is 5.38. The summed E-state index contributed by atoms with van der Waals surface area (Å²) in [7, 11) is 5.16. The summed E-state index contributed by atoms with van der Waals surface area (Å²) in [5, 5.41) is 8.99. The molecule has 0 radical (unpaired) electrons. The molecule has 0 saturated carbocycles. The van der Waals surface area contributed by atoms with Crippen LogP contribution in [0.1, 0.15) is 11.3 Å². The molecule has 2 N–H and O–H groups in total. The van der Waals surface area contributed by atoms with Crippen LogP contribution in [0.3, 0.4) is 0 Å². The summed E-state index contributed by atoms with van der Waals surface area (Å²) in [4.78, 5) is 7.98. The molecular formula is C19H27IN4O2S. The highest BCUT2D eigenvalue weighted by atomic mass is 127. The first-order valence-corrected chi connectivity index (χ1v) is 9.57. The number of nitrogens with zero attached hydrogens (tertiary/aromatic N) is 2. The van der Waals surface area contributed by atoms with E-state index in [4.69, 9.17) is 9.47 Å². The molecular weight excluding hydrogens is 475 g/mol. The molecule has 1 aromatic heterocycles. The van der Waals surface area contributed by atoms with Gasteiger partial charge in [0, 0.05) is 54.9 Å². The predicted octanol–water partition coefficient (Wildman–Crippen LogP) is 3.33. The summed E-state index contributed by atoms with van der Waals surface area (Å²) in [6.07, 6.45) is 1.05. The number of aliphatic imine (C=N–C) groups is 1. The molecule has 0 aliphatic carbocycles. The zero-order valence-electron chi connectivity index (χ0n) is 15.9.